The molecule has 1 rings (SSSR count). The van der Waals surface area contributed by atoms with Crippen molar-refractivity contribution in [1.29, 1.82) is 0 Å². The molecule has 0 spiro atoms. The van der Waals surface area contributed by atoms with Crippen LogP contribution in [0, 0.1) is 5.92 Å². The van der Waals surface area contributed by atoms with E-state index in [1.54, 1.807) is 13.3 Å². The van der Waals surface area contributed by atoms with Gasteiger partial charge >= 0.3 is 0 Å². The molecule has 0 saturated carbocycles. The topological polar surface area (TPSA) is 34.2 Å². The Labute approximate surface area is 111 Å². The minimum atomic E-state index is 0.356. The molecule has 1 aromatic rings. The molecule has 1 aromatic heterocycles. The molecule has 0 aliphatic heterocycles. The highest BCUT2D eigenvalue weighted by Gasteiger charge is 2.17. The van der Waals surface area contributed by atoms with Gasteiger partial charge in [0.25, 0.3) is 0 Å². The number of aromatic nitrogens is 1. The van der Waals surface area contributed by atoms with Gasteiger partial charge in [0.05, 0.1) is 13.3 Å². The zero-order valence-corrected chi connectivity index (χ0v) is 12.1. The van der Waals surface area contributed by atoms with E-state index in [1.807, 2.05) is 6.20 Å². The van der Waals surface area contributed by atoms with E-state index in [9.17, 15) is 0 Å². The fourth-order valence-electron chi connectivity index (χ4n) is 2.43. The van der Waals surface area contributed by atoms with Crippen molar-refractivity contribution in [3.8, 4) is 5.75 Å². The van der Waals surface area contributed by atoms with Crippen molar-refractivity contribution in [2.45, 2.75) is 46.1 Å². The zero-order chi connectivity index (χ0) is 13.4. The van der Waals surface area contributed by atoms with E-state index in [1.165, 1.54) is 18.4 Å². The first-order valence-electron chi connectivity index (χ1n) is 6.94. The van der Waals surface area contributed by atoms with Crippen LogP contribution in [0.15, 0.2) is 18.5 Å². The lowest BCUT2D eigenvalue weighted by molar-refractivity contribution is 0.367. The Morgan fingerprint density at radius 1 is 1.39 bits per heavy atom. The Kier molecular flexibility index (Phi) is 6.73. The van der Waals surface area contributed by atoms with Crippen molar-refractivity contribution >= 4 is 0 Å². The molecule has 3 nitrogen and oxygen atoms in total. The Balaban J connectivity index is 2.82. The first kappa shape index (κ1) is 15.0. The van der Waals surface area contributed by atoms with Crippen LogP contribution < -0.4 is 10.1 Å². The largest absolute Gasteiger partial charge is 0.495 e. The van der Waals surface area contributed by atoms with Gasteiger partial charge in [-0.05, 0) is 24.9 Å². The number of ether oxygens (including phenoxy) is 1. The predicted octanol–water partition coefficient (Wildman–Crippen LogP) is 3.57. The van der Waals surface area contributed by atoms with Gasteiger partial charge in [-0.25, -0.2) is 0 Å². The van der Waals surface area contributed by atoms with Crippen LogP contribution in [0.3, 0.4) is 0 Å². The third-order valence-corrected chi connectivity index (χ3v) is 3.28. The van der Waals surface area contributed by atoms with E-state index in [0.717, 1.165) is 24.6 Å². The highest BCUT2D eigenvalue weighted by molar-refractivity contribution is 5.32. The van der Waals surface area contributed by atoms with Crippen LogP contribution in [0.5, 0.6) is 5.75 Å². The summed E-state index contributed by atoms with van der Waals surface area (Å²) in [6.45, 7) is 7.67. The highest BCUT2D eigenvalue weighted by atomic mass is 16.5. The van der Waals surface area contributed by atoms with Crippen LogP contribution in [-0.2, 0) is 0 Å². The summed E-state index contributed by atoms with van der Waals surface area (Å²) in [5, 5.41) is 3.56. The van der Waals surface area contributed by atoms with Crippen molar-refractivity contribution < 1.29 is 4.74 Å². The second-order valence-electron chi connectivity index (χ2n) is 4.86. The maximum atomic E-state index is 5.41. The summed E-state index contributed by atoms with van der Waals surface area (Å²) in [6, 6.07) is 2.42. The van der Waals surface area contributed by atoms with E-state index < -0.39 is 0 Å². The maximum Gasteiger partial charge on any atom is 0.141 e. The fourth-order valence-corrected chi connectivity index (χ4v) is 2.43. The SMILES string of the molecule is CCCC(C)CC(NCC)c1ccncc1OC. The molecule has 0 bridgehead atoms. The van der Waals surface area contributed by atoms with Gasteiger partial charge in [0.1, 0.15) is 5.75 Å². The highest BCUT2D eigenvalue weighted by Crippen LogP contribution is 2.29. The molecular weight excluding hydrogens is 224 g/mol. The average Bonchev–Trinajstić information content (AvgIpc) is 2.38. The zero-order valence-electron chi connectivity index (χ0n) is 12.1. The van der Waals surface area contributed by atoms with E-state index in [0.29, 0.717) is 6.04 Å². The van der Waals surface area contributed by atoms with Crippen LogP contribution in [-0.4, -0.2) is 18.6 Å². The molecule has 1 N–H and O–H groups in total. The van der Waals surface area contributed by atoms with Crippen molar-refractivity contribution in [3.63, 3.8) is 0 Å². The minimum Gasteiger partial charge on any atom is -0.495 e. The summed E-state index contributed by atoms with van der Waals surface area (Å²) in [5.74, 6) is 1.60. The first-order chi connectivity index (χ1) is 8.72. The Hall–Kier alpha value is -1.09. The van der Waals surface area contributed by atoms with Gasteiger partial charge in [-0.2, -0.15) is 0 Å². The number of nitrogens with one attached hydrogen (secondary N) is 1. The molecule has 2 unspecified atom stereocenters. The van der Waals surface area contributed by atoms with Gasteiger partial charge in [0, 0.05) is 17.8 Å². The Morgan fingerprint density at radius 2 is 2.17 bits per heavy atom. The monoisotopic (exact) mass is 250 g/mol. The predicted molar refractivity (Wildman–Crippen MR) is 75.9 cm³/mol. The van der Waals surface area contributed by atoms with E-state index >= 15 is 0 Å². The lowest BCUT2D eigenvalue weighted by atomic mass is 9.93. The minimum absolute atomic E-state index is 0.356. The molecule has 2 atom stereocenters. The summed E-state index contributed by atoms with van der Waals surface area (Å²) < 4.78 is 5.41. The molecule has 0 aromatic carbocycles. The lowest BCUT2D eigenvalue weighted by Crippen LogP contribution is -2.23. The van der Waals surface area contributed by atoms with Crippen molar-refractivity contribution in [2.24, 2.45) is 5.92 Å². The molecule has 0 aliphatic carbocycles. The Bertz CT molecular complexity index is 341. The lowest BCUT2D eigenvalue weighted by Gasteiger charge is -2.23. The smallest absolute Gasteiger partial charge is 0.141 e. The summed E-state index contributed by atoms with van der Waals surface area (Å²) in [5.41, 5.74) is 1.22. The van der Waals surface area contributed by atoms with Gasteiger partial charge in [0.2, 0.25) is 0 Å². The van der Waals surface area contributed by atoms with E-state index in [-0.39, 0.29) is 0 Å². The van der Waals surface area contributed by atoms with E-state index in [4.69, 9.17) is 4.74 Å². The first-order valence-corrected chi connectivity index (χ1v) is 6.94. The molecule has 102 valence electrons. The number of nitrogens with zero attached hydrogens (tertiary/aromatic N) is 1. The average molecular weight is 250 g/mol. The molecule has 0 radical (unpaired) electrons. The molecule has 0 amide bonds. The van der Waals surface area contributed by atoms with Gasteiger partial charge in [-0.1, -0.05) is 33.6 Å². The molecule has 3 heteroatoms. The van der Waals surface area contributed by atoms with Crippen molar-refractivity contribution in [1.82, 2.24) is 10.3 Å². The Morgan fingerprint density at radius 3 is 2.78 bits per heavy atom. The van der Waals surface area contributed by atoms with Gasteiger partial charge in [-0.15, -0.1) is 0 Å². The third kappa shape index (κ3) is 4.30. The molecular formula is C15H26N2O. The summed E-state index contributed by atoms with van der Waals surface area (Å²) in [6.07, 6.45) is 7.29. The molecule has 0 saturated heterocycles. The van der Waals surface area contributed by atoms with Crippen molar-refractivity contribution in [2.75, 3.05) is 13.7 Å². The summed E-state index contributed by atoms with van der Waals surface area (Å²) >= 11 is 0. The second kappa shape index (κ2) is 8.09. The van der Waals surface area contributed by atoms with Crippen LogP contribution >= 0.6 is 0 Å². The standard InChI is InChI=1S/C15H26N2O/c1-5-7-12(3)10-14(17-6-2)13-8-9-16-11-15(13)18-4/h8-9,11-12,14,17H,5-7,10H2,1-4H3. The van der Waals surface area contributed by atoms with Gasteiger partial charge in [-0.3, -0.25) is 4.98 Å². The van der Waals surface area contributed by atoms with Crippen LogP contribution in [0.4, 0.5) is 0 Å². The number of hydrogen-bond donors (Lipinski definition) is 1. The molecule has 0 aliphatic rings. The molecule has 1 heterocycles. The number of methoxy groups -OCH3 is 1. The summed E-state index contributed by atoms with van der Waals surface area (Å²) in [4.78, 5) is 4.12. The van der Waals surface area contributed by atoms with E-state index in [2.05, 4.69) is 37.1 Å². The normalized spacial score (nSPS) is 14.2. The van der Waals surface area contributed by atoms with Gasteiger partial charge < -0.3 is 10.1 Å². The van der Waals surface area contributed by atoms with Gasteiger partial charge in [0.15, 0.2) is 0 Å². The fraction of sp³-hybridized carbons (Fsp3) is 0.667. The maximum absolute atomic E-state index is 5.41. The van der Waals surface area contributed by atoms with Crippen LogP contribution in [0.2, 0.25) is 0 Å². The quantitative estimate of drug-likeness (QED) is 0.766. The number of pyridine rings is 1. The van der Waals surface area contributed by atoms with Crippen LogP contribution in [0.25, 0.3) is 0 Å². The molecule has 0 fully saturated rings. The van der Waals surface area contributed by atoms with Crippen molar-refractivity contribution in [3.05, 3.63) is 24.0 Å². The number of rotatable bonds is 8. The number of hydrogen-bond acceptors (Lipinski definition) is 3. The third-order valence-electron chi connectivity index (χ3n) is 3.28. The van der Waals surface area contributed by atoms with Crippen LogP contribution in [0.1, 0.15) is 51.6 Å². The molecule has 18 heavy (non-hydrogen) atoms. The second-order valence-corrected chi connectivity index (χ2v) is 4.86. The summed E-state index contributed by atoms with van der Waals surface area (Å²) in [7, 11) is 1.71.